The van der Waals surface area contributed by atoms with Crippen LogP contribution in [0.5, 0.6) is 0 Å². The molecule has 1 aromatic rings. The Balaban J connectivity index is 1.99. The number of thioether (sulfide) groups is 1. The second-order valence-corrected chi connectivity index (χ2v) is 8.30. The number of aromatic nitrogens is 1. The quantitative estimate of drug-likeness (QED) is 0.869. The molecule has 1 amide bonds. The normalized spacial score (nSPS) is 22.4. The number of hydrogen-bond acceptors (Lipinski definition) is 5. The van der Waals surface area contributed by atoms with Gasteiger partial charge in [0, 0.05) is 28.3 Å². The first-order valence-electron chi connectivity index (χ1n) is 6.80. The topological polar surface area (TPSA) is 65.8 Å². The van der Waals surface area contributed by atoms with Gasteiger partial charge in [-0.3, -0.25) is 4.79 Å². The van der Waals surface area contributed by atoms with Gasteiger partial charge in [-0.05, 0) is 18.2 Å². The minimum atomic E-state index is -0.698. The molecule has 1 aliphatic rings. The molecule has 1 fully saturated rings. The molecule has 0 bridgehead atoms. The standard InChI is InChI=1S/C15H19N3OS2/c1-14(2,3)13-17-8-11(21-13)4-5-12(19)18-15(9-16)6-7-20-10-15/h4-5,8H,6-7,10H2,1-3H3,(H,18,19). The van der Waals surface area contributed by atoms with Gasteiger partial charge in [0.1, 0.15) is 5.54 Å². The Labute approximate surface area is 133 Å². The van der Waals surface area contributed by atoms with Crippen molar-refractivity contribution in [3.8, 4) is 6.07 Å². The van der Waals surface area contributed by atoms with Crippen molar-refractivity contribution in [2.75, 3.05) is 11.5 Å². The summed E-state index contributed by atoms with van der Waals surface area (Å²) in [5, 5.41) is 13.1. The monoisotopic (exact) mass is 321 g/mol. The van der Waals surface area contributed by atoms with E-state index in [0.717, 1.165) is 15.6 Å². The minimum Gasteiger partial charge on any atom is -0.333 e. The molecule has 1 unspecified atom stereocenters. The molecule has 21 heavy (non-hydrogen) atoms. The van der Waals surface area contributed by atoms with E-state index in [9.17, 15) is 10.1 Å². The fourth-order valence-corrected chi connectivity index (χ4v) is 4.07. The van der Waals surface area contributed by atoms with Gasteiger partial charge in [-0.2, -0.15) is 17.0 Å². The second kappa shape index (κ2) is 6.20. The summed E-state index contributed by atoms with van der Waals surface area (Å²) in [6.07, 6.45) is 5.74. The molecule has 1 atom stereocenters. The molecule has 6 heteroatoms. The highest BCUT2D eigenvalue weighted by molar-refractivity contribution is 7.99. The van der Waals surface area contributed by atoms with Crippen molar-refractivity contribution in [1.82, 2.24) is 10.3 Å². The number of nitrogens with zero attached hydrogens (tertiary/aromatic N) is 2. The lowest BCUT2D eigenvalue weighted by Crippen LogP contribution is -2.46. The molecular formula is C15H19N3OS2. The Kier molecular flexibility index (Phi) is 4.74. The van der Waals surface area contributed by atoms with Crippen LogP contribution in [0.25, 0.3) is 6.08 Å². The highest BCUT2D eigenvalue weighted by atomic mass is 32.2. The van der Waals surface area contributed by atoms with Crippen LogP contribution in [0.4, 0.5) is 0 Å². The number of thiazole rings is 1. The van der Waals surface area contributed by atoms with Crippen molar-refractivity contribution in [3.05, 3.63) is 22.2 Å². The Morgan fingerprint density at radius 1 is 1.57 bits per heavy atom. The van der Waals surface area contributed by atoms with Crippen LogP contribution in [0.15, 0.2) is 12.3 Å². The first-order valence-corrected chi connectivity index (χ1v) is 8.77. The molecule has 0 aromatic carbocycles. The molecule has 1 aliphatic heterocycles. The summed E-state index contributed by atoms with van der Waals surface area (Å²) in [5.41, 5.74) is -0.679. The molecule has 1 aromatic heterocycles. The van der Waals surface area contributed by atoms with Crippen LogP contribution in [0.3, 0.4) is 0 Å². The predicted octanol–water partition coefficient (Wildman–Crippen LogP) is 2.97. The van der Waals surface area contributed by atoms with Crippen molar-refractivity contribution in [1.29, 1.82) is 5.26 Å². The van der Waals surface area contributed by atoms with E-state index in [1.54, 1.807) is 35.4 Å². The van der Waals surface area contributed by atoms with Gasteiger partial charge in [0.2, 0.25) is 5.91 Å². The summed E-state index contributed by atoms with van der Waals surface area (Å²) < 4.78 is 0. The summed E-state index contributed by atoms with van der Waals surface area (Å²) in [7, 11) is 0. The average Bonchev–Trinajstić information content (AvgIpc) is 3.05. The third-order valence-corrected chi connectivity index (χ3v) is 5.74. The molecule has 1 saturated heterocycles. The fraction of sp³-hybridized carbons (Fsp3) is 0.533. The van der Waals surface area contributed by atoms with E-state index in [1.165, 1.54) is 6.08 Å². The Bertz CT molecular complexity index is 587. The van der Waals surface area contributed by atoms with E-state index < -0.39 is 5.54 Å². The summed E-state index contributed by atoms with van der Waals surface area (Å²) in [4.78, 5) is 17.3. The highest BCUT2D eigenvalue weighted by Crippen LogP contribution is 2.28. The highest BCUT2D eigenvalue weighted by Gasteiger charge is 2.35. The predicted molar refractivity (Wildman–Crippen MR) is 88.3 cm³/mol. The third kappa shape index (κ3) is 4.08. The molecule has 4 nitrogen and oxygen atoms in total. The van der Waals surface area contributed by atoms with Gasteiger partial charge in [0.25, 0.3) is 0 Å². The van der Waals surface area contributed by atoms with Crippen LogP contribution in [-0.4, -0.2) is 27.9 Å². The van der Waals surface area contributed by atoms with Crippen LogP contribution in [0.1, 0.15) is 37.1 Å². The van der Waals surface area contributed by atoms with Gasteiger partial charge in [-0.1, -0.05) is 20.8 Å². The van der Waals surface area contributed by atoms with Crippen LogP contribution in [0.2, 0.25) is 0 Å². The van der Waals surface area contributed by atoms with Crippen molar-refractivity contribution >= 4 is 35.1 Å². The van der Waals surface area contributed by atoms with E-state index in [0.29, 0.717) is 12.2 Å². The molecule has 0 radical (unpaired) electrons. The molecule has 0 aliphatic carbocycles. The minimum absolute atomic E-state index is 0.0188. The number of carbonyl (C=O) groups is 1. The van der Waals surface area contributed by atoms with Crippen LogP contribution >= 0.6 is 23.1 Å². The largest absolute Gasteiger partial charge is 0.333 e. The lowest BCUT2D eigenvalue weighted by Gasteiger charge is -2.19. The Hall–Kier alpha value is -1.32. The van der Waals surface area contributed by atoms with E-state index in [-0.39, 0.29) is 11.3 Å². The lowest BCUT2D eigenvalue weighted by molar-refractivity contribution is -0.117. The molecule has 2 rings (SSSR count). The van der Waals surface area contributed by atoms with Gasteiger partial charge in [0.15, 0.2) is 0 Å². The van der Waals surface area contributed by atoms with Gasteiger partial charge < -0.3 is 5.32 Å². The van der Waals surface area contributed by atoms with Gasteiger partial charge in [-0.15, -0.1) is 11.3 Å². The average molecular weight is 321 g/mol. The van der Waals surface area contributed by atoms with Crippen molar-refractivity contribution in [2.45, 2.75) is 38.1 Å². The summed E-state index contributed by atoms with van der Waals surface area (Å²) in [6, 6.07) is 2.23. The lowest BCUT2D eigenvalue weighted by atomic mass is 9.98. The van der Waals surface area contributed by atoms with Crippen molar-refractivity contribution < 1.29 is 4.79 Å². The van der Waals surface area contributed by atoms with E-state index >= 15 is 0 Å². The molecular weight excluding hydrogens is 302 g/mol. The van der Waals surface area contributed by atoms with E-state index in [2.05, 4.69) is 37.1 Å². The summed E-state index contributed by atoms with van der Waals surface area (Å²) in [6.45, 7) is 6.33. The zero-order chi connectivity index (χ0) is 15.5. The van der Waals surface area contributed by atoms with Gasteiger partial charge >= 0.3 is 0 Å². The molecule has 2 heterocycles. The van der Waals surface area contributed by atoms with Gasteiger partial charge in [-0.25, -0.2) is 4.98 Å². The fourth-order valence-electron chi connectivity index (χ4n) is 1.93. The number of rotatable bonds is 3. The number of hydrogen-bond donors (Lipinski definition) is 1. The van der Waals surface area contributed by atoms with Crippen molar-refractivity contribution in [3.63, 3.8) is 0 Å². The number of nitriles is 1. The first-order chi connectivity index (χ1) is 9.85. The van der Waals surface area contributed by atoms with E-state index in [4.69, 9.17) is 0 Å². The number of amides is 1. The van der Waals surface area contributed by atoms with Gasteiger partial charge in [0.05, 0.1) is 11.1 Å². The Morgan fingerprint density at radius 2 is 2.33 bits per heavy atom. The van der Waals surface area contributed by atoms with Crippen molar-refractivity contribution in [2.24, 2.45) is 0 Å². The van der Waals surface area contributed by atoms with E-state index in [1.807, 2.05) is 0 Å². The summed E-state index contributed by atoms with van der Waals surface area (Å²) >= 11 is 3.28. The van der Waals surface area contributed by atoms with Crippen LogP contribution < -0.4 is 5.32 Å². The first kappa shape index (κ1) is 16.1. The zero-order valence-electron chi connectivity index (χ0n) is 12.5. The van der Waals surface area contributed by atoms with Crippen LogP contribution in [-0.2, 0) is 10.2 Å². The smallest absolute Gasteiger partial charge is 0.245 e. The zero-order valence-corrected chi connectivity index (χ0v) is 14.1. The molecule has 0 spiro atoms. The van der Waals surface area contributed by atoms with Crippen LogP contribution in [0, 0.1) is 11.3 Å². The number of nitrogens with one attached hydrogen (secondary N) is 1. The molecule has 112 valence electrons. The molecule has 1 N–H and O–H groups in total. The maximum Gasteiger partial charge on any atom is 0.245 e. The maximum atomic E-state index is 12.0. The number of carbonyl (C=O) groups excluding carboxylic acids is 1. The SMILES string of the molecule is CC(C)(C)c1ncc(C=CC(=O)NC2(C#N)CCSC2)s1. The maximum absolute atomic E-state index is 12.0. The summed E-state index contributed by atoms with van der Waals surface area (Å²) in [5.74, 6) is 1.36. The Morgan fingerprint density at radius 3 is 2.86 bits per heavy atom. The second-order valence-electron chi connectivity index (χ2n) is 6.14. The molecule has 0 saturated carbocycles. The third-order valence-electron chi connectivity index (χ3n) is 3.16.